The highest BCUT2D eigenvalue weighted by atomic mass is 32.2. The van der Waals surface area contributed by atoms with Gasteiger partial charge in [-0.05, 0) is 41.6 Å². The monoisotopic (exact) mass is 381 g/mol. The fourth-order valence-electron chi connectivity index (χ4n) is 2.75. The lowest BCUT2D eigenvalue weighted by Gasteiger charge is -2.16. The minimum absolute atomic E-state index is 0.0145. The number of halogens is 1. The average Bonchev–Trinajstić information content (AvgIpc) is 3.35. The Labute approximate surface area is 151 Å². The standard InChI is InChI=1S/C17H16FNO6S/c1-23-15-12(18)9(8-4-5-8)6-10(16(15)26(3)22)14(20)11-7-25-19-13(11)17(21)24-2/h6-8H,4-5H2,1-3H3. The summed E-state index contributed by atoms with van der Waals surface area (Å²) in [6, 6.07) is 1.38. The van der Waals surface area contributed by atoms with E-state index in [0.29, 0.717) is 5.56 Å². The summed E-state index contributed by atoms with van der Waals surface area (Å²) >= 11 is -1.72. The molecule has 1 saturated carbocycles. The molecule has 138 valence electrons. The van der Waals surface area contributed by atoms with Crippen molar-refractivity contribution in [1.29, 1.82) is 0 Å². The van der Waals surface area contributed by atoms with Crippen molar-refractivity contribution >= 4 is 22.9 Å². The summed E-state index contributed by atoms with van der Waals surface area (Å²) in [5.41, 5.74) is -0.143. The Hall–Kier alpha value is -2.39. The van der Waals surface area contributed by atoms with Crippen LogP contribution in [0.5, 0.6) is 5.75 Å². The largest absolute Gasteiger partial charge is 0.612 e. The van der Waals surface area contributed by atoms with Crippen LogP contribution >= 0.6 is 0 Å². The molecule has 0 N–H and O–H groups in total. The van der Waals surface area contributed by atoms with Crippen molar-refractivity contribution in [1.82, 2.24) is 5.16 Å². The number of methoxy groups -OCH3 is 2. The lowest BCUT2D eigenvalue weighted by atomic mass is 9.98. The van der Waals surface area contributed by atoms with Crippen LogP contribution in [0.25, 0.3) is 0 Å². The molecule has 9 heteroatoms. The summed E-state index contributed by atoms with van der Waals surface area (Å²) in [6.07, 6.45) is 3.91. The normalized spacial score (nSPS) is 14.8. The second-order valence-corrected chi connectivity index (χ2v) is 7.13. The van der Waals surface area contributed by atoms with Crippen LogP contribution in [0.3, 0.4) is 0 Å². The molecular formula is C17H16FNO6S. The average molecular weight is 381 g/mol. The zero-order valence-electron chi connectivity index (χ0n) is 14.3. The molecule has 1 unspecified atom stereocenters. The van der Waals surface area contributed by atoms with Gasteiger partial charge in [0.25, 0.3) is 0 Å². The summed E-state index contributed by atoms with van der Waals surface area (Å²) in [5, 5.41) is 3.49. The van der Waals surface area contributed by atoms with E-state index in [9.17, 15) is 18.5 Å². The number of ketones is 1. The second-order valence-electron chi connectivity index (χ2n) is 5.82. The topological polar surface area (TPSA) is 102 Å². The van der Waals surface area contributed by atoms with Gasteiger partial charge in [0.05, 0.1) is 25.3 Å². The smallest absolute Gasteiger partial charge is 0.361 e. The van der Waals surface area contributed by atoms with Crippen LogP contribution in [-0.4, -0.2) is 41.9 Å². The summed E-state index contributed by atoms with van der Waals surface area (Å²) < 4.78 is 41.4. The molecule has 1 aromatic carbocycles. The Morgan fingerprint density at radius 2 is 2.04 bits per heavy atom. The second kappa shape index (κ2) is 7.08. The van der Waals surface area contributed by atoms with E-state index >= 15 is 0 Å². The van der Waals surface area contributed by atoms with Gasteiger partial charge in [-0.2, -0.15) is 0 Å². The minimum atomic E-state index is -1.72. The minimum Gasteiger partial charge on any atom is -0.612 e. The van der Waals surface area contributed by atoms with Crippen LogP contribution in [0.4, 0.5) is 4.39 Å². The zero-order valence-corrected chi connectivity index (χ0v) is 15.1. The SMILES string of the molecule is COC(=O)c1nocc1C(=O)c1cc(C2CC2)c(F)c(OC)c1[S+](C)[O-]. The first-order valence-electron chi connectivity index (χ1n) is 7.71. The van der Waals surface area contributed by atoms with Crippen LogP contribution < -0.4 is 4.74 Å². The zero-order chi connectivity index (χ0) is 19.0. The van der Waals surface area contributed by atoms with Crippen molar-refractivity contribution in [3.63, 3.8) is 0 Å². The van der Waals surface area contributed by atoms with Gasteiger partial charge in [0.2, 0.25) is 22.1 Å². The molecule has 0 aliphatic heterocycles. The molecule has 0 radical (unpaired) electrons. The van der Waals surface area contributed by atoms with E-state index in [0.717, 1.165) is 26.2 Å². The molecule has 1 fully saturated rings. The highest BCUT2D eigenvalue weighted by Gasteiger charge is 2.36. The maximum absolute atomic E-state index is 14.8. The first-order chi connectivity index (χ1) is 12.4. The number of aromatic nitrogens is 1. The number of carbonyl (C=O) groups is 2. The molecule has 0 spiro atoms. The van der Waals surface area contributed by atoms with Gasteiger partial charge >= 0.3 is 5.97 Å². The Kier molecular flexibility index (Phi) is 5.01. The van der Waals surface area contributed by atoms with E-state index in [1.54, 1.807) is 0 Å². The van der Waals surface area contributed by atoms with Gasteiger partial charge in [0, 0.05) is 0 Å². The van der Waals surface area contributed by atoms with E-state index in [1.165, 1.54) is 19.4 Å². The first-order valence-corrected chi connectivity index (χ1v) is 9.27. The van der Waals surface area contributed by atoms with E-state index < -0.39 is 28.7 Å². The Morgan fingerprint density at radius 1 is 1.35 bits per heavy atom. The number of benzene rings is 1. The summed E-state index contributed by atoms with van der Waals surface area (Å²) in [4.78, 5) is 24.7. The van der Waals surface area contributed by atoms with Gasteiger partial charge in [-0.25, -0.2) is 9.18 Å². The van der Waals surface area contributed by atoms with Crippen molar-refractivity contribution in [2.75, 3.05) is 20.5 Å². The maximum atomic E-state index is 14.8. The lowest BCUT2D eigenvalue weighted by molar-refractivity contribution is 0.0586. The van der Waals surface area contributed by atoms with E-state index in [1.807, 2.05) is 0 Å². The van der Waals surface area contributed by atoms with Crippen LogP contribution in [0.2, 0.25) is 0 Å². The summed E-state index contributed by atoms with van der Waals surface area (Å²) in [5.74, 6) is -2.38. The van der Waals surface area contributed by atoms with Crippen molar-refractivity contribution in [3.8, 4) is 5.75 Å². The highest BCUT2D eigenvalue weighted by molar-refractivity contribution is 7.90. The Bertz CT molecular complexity index is 874. The number of carbonyl (C=O) groups excluding carboxylic acids is 2. The maximum Gasteiger partial charge on any atom is 0.361 e. The van der Waals surface area contributed by atoms with E-state index in [4.69, 9.17) is 9.26 Å². The van der Waals surface area contributed by atoms with E-state index in [-0.39, 0.29) is 33.4 Å². The number of esters is 1. The molecule has 1 aromatic heterocycles. The van der Waals surface area contributed by atoms with Gasteiger partial charge in [0.15, 0.2) is 5.82 Å². The first kappa shape index (κ1) is 18.4. The third kappa shape index (κ3) is 3.08. The molecule has 26 heavy (non-hydrogen) atoms. The van der Waals surface area contributed by atoms with Gasteiger partial charge in [-0.15, -0.1) is 0 Å². The number of hydrogen-bond acceptors (Lipinski definition) is 7. The third-order valence-corrected chi connectivity index (χ3v) is 5.13. The van der Waals surface area contributed by atoms with Crippen LogP contribution in [0, 0.1) is 5.82 Å². The Morgan fingerprint density at radius 3 is 2.58 bits per heavy atom. The molecule has 2 aromatic rings. The molecule has 1 heterocycles. The van der Waals surface area contributed by atoms with Crippen LogP contribution in [0.1, 0.15) is 50.7 Å². The van der Waals surface area contributed by atoms with E-state index in [2.05, 4.69) is 9.89 Å². The molecular weight excluding hydrogens is 365 g/mol. The molecule has 0 saturated heterocycles. The van der Waals surface area contributed by atoms with Gasteiger partial charge in [-0.1, -0.05) is 5.16 Å². The molecule has 7 nitrogen and oxygen atoms in total. The molecule has 1 aliphatic carbocycles. The fraction of sp³-hybridized carbons (Fsp3) is 0.353. The molecule has 1 aliphatic rings. The summed E-state index contributed by atoms with van der Waals surface area (Å²) in [7, 11) is 2.39. The van der Waals surface area contributed by atoms with Gasteiger partial charge < -0.3 is 18.5 Å². The number of nitrogens with zero attached hydrogens (tertiary/aromatic N) is 1. The van der Waals surface area contributed by atoms with Gasteiger partial charge in [-0.3, -0.25) is 4.79 Å². The third-order valence-electron chi connectivity index (χ3n) is 4.15. The summed E-state index contributed by atoms with van der Waals surface area (Å²) in [6.45, 7) is 0. The highest BCUT2D eigenvalue weighted by Crippen LogP contribution is 2.46. The van der Waals surface area contributed by atoms with Crippen LogP contribution in [0.15, 0.2) is 21.7 Å². The van der Waals surface area contributed by atoms with Crippen molar-refractivity contribution in [3.05, 3.63) is 40.5 Å². The molecule has 0 bridgehead atoms. The number of rotatable bonds is 6. The molecule has 3 rings (SSSR count). The van der Waals surface area contributed by atoms with Crippen molar-refractivity contribution in [2.45, 2.75) is 23.7 Å². The quantitative estimate of drug-likeness (QED) is 0.430. The fourth-order valence-corrected chi connectivity index (χ4v) is 3.65. The number of hydrogen-bond donors (Lipinski definition) is 0. The predicted molar refractivity (Wildman–Crippen MR) is 88.5 cm³/mol. The Balaban J connectivity index is 2.20. The van der Waals surface area contributed by atoms with Crippen molar-refractivity contribution < 1.29 is 32.5 Å². The van der Waals surface area contributed by atoms with Crippen LogP contribution in [-0.2, 0) is 15.9 Å². The predicted octanol–water partition coefficient (Wildman–Crippen LogP) is 2.45. The molecule has 1 atom stereocenters. The number of ether oxygens (including phenoxy) is 2. The molecule has 0 amide bonds. The lowest BCUT2D eigenvalue weighted by Crippen LogP contribution is -2.16. The van der Waals surface area contributed by atoms with Gasteiger partial charge in [0.1, 0.15) is 12.5 Å². The van der Waals surface area contributed by atoms with Crippen molar-refractivity contribution in [2.24, 2.45) is 0 Å².